The van der Waals surface area contributed by atoms with E-state index >= 15 is 0 Å². The number of halogens is 3. The summed E-state index contributed by atoms with van der Waals surface area (Å²) in [5.74, 6) is 0. The first-order chi connectivity index (χ1) is 31.5. The molecule has 2 aliphatic carbocycles. The van der Waals surface area contributed by atoms with Gasteiger partial charge in [0.25, 0.3) is 0 Å². The summed E-state index contributed by atoms with van der Waals surface area (Å²) in [6, 6.07) is 64.8. The summed E-state index contributed by atoms with van der Waals surface area (Å²) >= 11 is 10.8. The molecule has 330 valence electrons. The Labute approximate surface area is 417 Å². The fourth-order valence-electron chi connectivity index (χ4n) is 9.78. The summed E-state index contributed by atoms with van der Waals surface area (Å²) < 4.78 is 15.8. The first kappa shape index (κ1) is 46.3. The summed E-state index contributed by atoms with van der Waals surface area (Å²) in [6.45, 7) is 17.6. The minimum Gasteiger partial charge on any atom is -0.399 e. The Morgan fingerprint density at radius 2 is 0.652 bits per heavy atom. The minimum atomic E-state index is -0.327. The zero-order chi connectivity index (χ0) is 46.6. The molecule has 1 saturated heterocycles. The van der Waals surface area contributed by atoms with Crippen LogP contribution in [0.4, 0.5) is 0 Å². The van der Waals surface area contributed by atoms with Gasteiger partial charge in [0, 0.05) is 24.2 Å². The van der Waals surface area contributed by atoms with Gasteiger partial charge in [0.15, 0.2) is 0 Å². The number of benzene rings is 8. The van der Waals surface area contributed by atoms with Gasteiger partial charge in [-0.2, -0.15) is 0 Å². The average Bonchev–Trinajstić information content (AvgIpc) is 3.77. The van der Waals surface area contributed by atoms with Crippen LogP contribution in [0.1, 0.15) is 77.6 Å². The summed E-state index contributed by atoms with van der Waals surface area (Å²) in [4.78, 5) is 0. The lowest BCUT2D eigenvalue weighted by Crippen LogP contribution is -2.41. The highest BCUT2D eigenvalue weighted by atomic mass is 79.9. The summed E-state index contributed by atoms with van der Waals surface area (Å²) in [7, 11) is -0.327. The van der Waals surface area contributed by atoms with Crippen molar-refractivity contribution in [3.8, 4) is 55.6 Å². The van der Waals surface area contributed by atoms with Crippen molar-refractivity contribution < 1.29 is 9.31 Å². The molecular formula is C60H54BBr3O2. The highest BCUT2D eigenvalue weighted by Gasteiger charge is 2.52. The predicted octanol–water partition coefficient (Wildman–Crippen LogP) is 17.3. The third kappa shape index (κ3) is 8.65. The maximum atomic E-state index is 6.19. The molecule has 8 aromatic rings. The first-order valence-corrected chi connectivity index (χ1v) is 25.0. The molecule has 1 heterocycles. The molecule has 3 aliphatic rings. The van der Waals surface area contributed by atoms with Crippen LogP contribution >= 0.6 is 47.8 Å². The lowest BCUT2D eigenvalue weighted by Gasteiger charge is -2.32. The maximum Gasteiger partial charge on any atom is 0.495 e. The van der Waals surface area contributed by atoms with Crippen LogP contribution in [0.3, 0.4) is 0 Å². The Hall–Kier alpha value is -4.82. The van der Waals surface area contributed by atoms with Crippen molar-refractivity contribution in [3.05, 3.63) is 218 Å². The number of hydrogen-bond donors (Lipinski definition) is 0. The number of hydrogen-bond acceptors (Lipinski definition) is 2. The fourth-order valence-corrected chi connectivity index (χ4v) is 10.9. The third-order valence-electron chi connectivity index (χ3n) is 14.1. The second kappa shape index (κ2) is 18.0. The SMILES string of the molecule is CC1(C)OB(c2ccccc2-c2ccccc2)OC1(C)C.CC1(C)c2ccc(Br)cc2-c2cc(-c3ccccc3-c3ccccc3)ccc21.CC1(C)c2ccc(Br)cc2-c2cc(Br)ccc21. The highest BCUT2D eigenvalue weighted by Crippen LogP contribution is 2.52. The fraction of sp³-hybridized carbons (Fsp3) is 0.200. The largest absolute Gasteiger partial charge is 0.495 e. The lowest BCUT2D eigenvalue weighted by molar-refractivity contribution is 0.00578. The molecule has 8 aromatic carbocycles. The van der Waals surface area contributed by atoms with E-state index < -0.39 is 0 Å². The normalized spacial score (nSPS) is 16.1. The van der Waals surface area contributed by atoms with Gasteiger partial charge in [0.2, 0.25) is 0 Å². The lowest BCUT2D eigenvalue weighted by atomic mass is 9.74. The van der Waals surface area contributed by atoms with E-state index in [1.807, 2.05) is 12.1 Å². The van der Waals surface area contributed by atoms with Crippen LogP contribution in [0.5, 0.6) is 0 Å². The van der Waals surface area contributed by atoms with Gasteiger partial charge in [-0.15, -0.1) is 0 Å². The predicted molar refractivity (Wildman–Crippen MR) is 290 cm³/mol. The Balaban J connectivity index is 0.000000129. The van der Waals surface area contributed by atoms with Crippen molar-refractivity contribution >= 4 is 60.4 Å². The van der Waals surface area contributed by atoms with Gasteiger partial charge in [-0.05, 0) is 154 Å². The molecule has 1 fully saturated rings. The topological polar surface area (TPSA) is 18.5 Å². The molecule has 0 atom stereocenters. The number of fused-ring (bicyclic) bond motifs is 6. The molecule has 11 rings (SSSR count). The number of rotatable bonds is 4. The summed E-state index contributed by atoms with van der Waals surface area (Å²) in [5.41, 5.74) is 19.0. The van der Waals surface area contributed by atoms with Gasteiger partial charge in [-0.25, -0.2) is 0 Å². The molecule has 0 spiro atoms. The van der Waals surface area contributed by atoms with Crippen molar-refractivity contribution in [1.82, 2.24) is 0 Å². The molecular weight excluding hydrogens is 1000 g/mol. The van der Waals surface area contributed by atoms with E-state index in [9.17, 15) is 0 Å². The molecule has 6 heteroatoms. The van der Waals surface area contributed by atoms with Crippen LogP contribution < -0.4 is 5.46 Å². The third-order valence-corrected chi connectivity index (χ3v) is 15.6. The van der Waals surface area contributed by atoms with E-state index in [1.54, 1.807) is 0 Å². The molecule has 0 saturated carbocycles. The van der Waals surface area contributed by atoms with Crippen LogP contribution in [0.2, 0.25) is 0 Å². The highest BCUT2D eigenvalue weighted by molar-refractivity contribution is 9.11. The van der Waals surface area contributed by atoms with E-state index in [2.05, 4.69) is 273 Å². The smallest absolute Gasteiger partial charge is 0.399 e. The molecule has 1 aliphatic heterocycles. The molecule has 0 bridgehead atoms. The summed E-state index contributed by atoms with van der Waals surface area (Å²) in [5, 5.41) is 0. The Bertz CT molecular complexity index is 3010. The van der Waals surface area contributed by atoms with Crippen LogP contribution in [-0.4, -0.2) is 18.3 Å². The molecule has 2 nitrogen and oxygen atoms in total. The van der Waals surface area contributed by atoms with Crippen LogP contribution in [-0.2, 0) is 20.1 Å². The van der Waals surface area contributed by atoms with Gasteiger partial charge in [0.1, 0.15) is 0 Å². The van der Waals surface area contributed by atoms with Crippen LogP contribution in [0.25, 0.3) is 55.6 Å². The van der Waals surface area contributed by atoms with Crippen molar-refractivity contribution in [2.24, 2.45) is 0 Å². The zero-order valence-corrected chi connectivity index (χ0v) is 43.6. The molecule has 66 heavy (non-hydrogen) atoms. The Kier molecular flexibility index (Phi) is 12.6. The van der Waals surface area contributed by atoms with Gasteiger partial charge < -0.3 is 9.31 Å². The van der Waals surface area contributed by atoms with Crippen molar-refractivity contribution in [2.45, 2.75) is 77.4 Å². The van der Waals surface area contributed by atoms with Gasteiger partial charge in [-0.1, -0.05) is 215 Å². The quantitative estimate of drug-likeness (QED) is 0.164. The molecule has 0 amide bonds. The second-order valence-corrected chi connectivity index (χ2v) is 22.3. The zero-order valence-electron chi connectivity index (χ0n) is 38.8. The van der Waals surface area contributed by atoms with Gasteiger partial charge in [0.05, 0.1) is 11.2 Å². The maximum absolute atomic E-state index is 6.19. The van der Waals surface area contributed by atoms with E-state index in [0.717, 1.165) is 24.4 Å². The molecule has 0 unspecified atom stereocenters. The first-order valence-electron chi connectivity index (χ1n) is 22.7. The van der Waals surface area contributed by atoms with Crippen molar-refractivity contribution in [2.75, 3.05) is 0 Å². The monoisotopic (exact) mass is 1050 g/mol. The van der Waals surface area contributed by atoms with Crippen LogP contribution in [0.15, 0.2) is 195 Å². The van der Waals surface area contributed by atoms with Crippen molar-refractivity contribution in [3.63, 3.8) is 0 Å². The van der Waals surface area contributed by atoms with E-state index in [1.165, 1.54) is 72.3 Å². The average molecular weight is 1060 g/mol. The van der Waals surface area contributed by atoms with E-state index in [4.69, 9.17) is 9.31 Å². The molecule has 0 aromatic heterocycles. The minimum absolute atomic E-state index is 0.0306. The van der Waals surface area contributed by atoms with Crippen LogP contribution in [0, 0.1) is 0 Å². The Morgan fingerprint density at radius 3 is 1.09 bits per heavy atom. The van der Waals surface area contributed by atoms with E-state index in [-0.39, 0.29) is 29.2 Å². The van der Waals surface area contributed by atoms with Crippen molar-refractivity contribution in [1.29, 1.82) is 0 Å². The molecule has 0 radical (unpaired) electrons. The summed E-state index contributed by atoms with van der Waals surface area (Å²) in [6.07, 6.45) is 0. The molecule has 0 N–H and O–H groups in total. The van der Waals surface area contributed by atoms with Gasteiger partial charge >= 0.3 is 7.12 Å². The van der Waals surface area contributed by atoms with E-state index in [0.29, 0.717) is 0 Å². The Morgan fingerprint density at radius 1 is 0.318 bits per heavy atom. The second-order valence-electron chi connectivity index (χ2n) is 19.5. The van der Waals surface area contributed by atoms with Gasteiger partial charge in [-0.3, -0.25) is 0 Å². The standard InChI is InChI=1S/C27H21Br.C18H21BO2.C15H12Br2/c1-27(2)25-14-12-19(16-23(25)24-17-20(28)13-15-26(24)27)22-11-7-6-10-21(22)18-8-4-3-5-9-18;1-17(2)18(3,4)21-19(20-17)16-13-9-8-12-15(16)14-10-6-5-7-11-14;1-15(2)13-5-3-9(16)7-11(13)12-8-10(17)4-6-14(12)15/h3-17H,1-2H3;5-13H,1-4H3;3-8H,1-2H3.